The van der Waals surface area contributed by atoms with Crippen LogP contribution in [-0.2, 0) is 11.0 Å². The minimum Gasteiger partial charge on any atom is -0.480 e. The van der Waals surface area contributed by atoms with E-state index in [9.17, 15) is 18.0 Å². The van der Waals surface area contributed by atoms with E-state index in [0.717, 1.165) is 12.1 Å². The molecule has 1 rings (SSSR count). The van der Waals surface area contributed by atoms with Gasteiger partial charge in [0.2, 0.25) is 0 Å². The van der Waals surface area contributed by atoms with Gasteiger partial charge >= 0.3 is 12.1 Å². The van der Waals surface area contributed by atoms with Gasteiger partial charge < -0.3 is 16.2 Å². The maximum Gasteiger partial charge on any atom is 0.416 e. The van der Waals surface area contributed by atoms with Crippen LogP contribution in [0.1, 0.15) is 5.56 Å². The van der Waals surface area contributed by atoms with Gasteiger partial charge in [0.05, 0.1) is 5.56 Å². The van der Waals surface area contributed by atoms with Gasteiger partial charge in [-0.25, -0.2) is 4.79 Å². The third kappa shape index (κ3) is 3.78. The molecule has 0 bridgehead atoms. The van der Waals surface area contributed by atoms with Crippen molar-refractivity contribution >= 4 is 23.3 Å². The Morgan fingerprint density at radius 2 is 2.06 bits per heavy atom. The summed E-state index contributed by atoms with van der Waals surface area (Å²) in [6, 6.07) is 1.55. The first kappa shape index (κ1) is 14.6. The Labute approximate surface area is 106 Å². The topological polar surface area (TPSA) is 75.3 Å². The van der Waals surface area contributed by atoms with Crippen LogP contribution in [0.25, 0.3) is 0 Å². The number of nitrogens with one attached hydrogen (secondary N) is 1. The van der Waals surface area contributed by atoms with Gasteiger partial charge in [-0.1, -0.05) is 11.6 Å². The third-order valence-corrected chi connectivity index (χ3v) is 2.32. The van der Waals surface area contributed by atoms with Crippen molar-refractivity contribution in [2.24, 2.45) is 5.73 Å². The average molecular weight is 283 g/mol. The summed E-state index contributed by atoms with van der Waals surface area (Å²) in [6.45, 7) is -0.261. The van der Waals surface area contributed by atoms with E-state index >= 15 is 0 Å². The second-order valence-electron chi connectivity index (χ2n) is 3.50. The Morgan fingerprint density at radius 1 is 1.44 bits per heavy atom. The smallest absolute Gasteiger partial charge is 0.416 e. The molecule has 0 aliphatic heterocycles. The Kier molecular flexibility index (Phi) is 4.42. The van der Waals surface area contributed by atoms with Gasteiger partial charge in [-0.05, 0) is 18.2 Å². The number of alkyl halides is 3. The quantitative estimate of drug-likeness (QED) is 0.791. The molecule has 0 saturated heterocycles. The maximum absolute atomic E-state index is 12.5. The average Bonchev–Trinajstić information content (AvgIpc) is 2.23. The normalized spacial score (nSPS) is 13.2. The molecule has 1 atom stereocenters. The van der Waals surface area contributed by atoms with Crippen LogP contribution in [0.5, 0.6) is 0 Å². The number of aliphatic carboxylic acids is 1. The van der Waals surface area contributed by atoms with Crippen LogP contribution in [0.3, 0.4) is 0 Å². The summed E-state index contributed by atoms with van der Waals surface area (Å²) < 4.78 is 37.5. The first-order valence-corrected chi connectivity index (χ1v) is 5.19. The van der Waals surface area contributed by atoms with Gasteiger partial charge in [0.25, 0.3) is 0 Å². The molecule has 18 heavy (non-hydrogen) atoms. The van der Waals surface area contributed by atoms with Gasteiger partial charge in [0.15, 0.2) is 0 Å². The number of hydrogen-bond acceptors (Lipinski definition) is 3. The number of anilines is 1. The summed E-state index contributed by atoms with van der Waals surface area (Å²) in [6.07, 6.45) is -4.55. The van der Waals surface area contributed by atoms with Crippen molar-refractivity contribution in [3.8, 4) is 0 Å². The van der Waals surface area contributed by atoms with Crippen molar-refractivity contribution in [2.75, 3.05) is 11.9 Å². The molecule has 0 amide bonds. The highest BCUT2D eigenvalue weighted by atomic mass is 35.5. The highest BCUT2D eigenvalue weighted by Gasteiger charge is 2.31. The fourth-order valence-corrected chi connectivity index (χ4v) is 1.49. The summed E-state index contributed by atoms with van der Waals surface area (Å²) in [5.74, 6) is -1.26. The summed E-state index contributed by atoms with van der Waals surface area (Å²) in [5.41, 5.74) is 4.18. The Morgan fingerprint density at radius 3 is 2.50 bits per heavy atom. The third-order valence-electron chi connectivity index (χ3n) is 2.10. The van der Waals surface area contributed by atoms with E-state index in [1.165, 1.54) is 6.07 Å². The molecule has 1 aromatic rings. The number of carbonyl (C=O) groups is 1. The first-order valence-electron chi connectivity index (χ1n) is 4.81. The lowest BCUT2D eigenvalue weighted by Crippen LogP contribution is -2.36. The van der Waals surface area contributed by atoms with Crippen molar-refractivity contribution in [2.45, 2.75) is 12.2 Å². The molecule has 4 N–H and O–H groups in total. The molecule has 100 valence electrons. The molecule has 1 aromatic carbocycles. The molecular formula is C10H10ClF3N2O2. The van der Waals surface area contributed by atoms with Crippen LogP contribution in [0, 0.1) is 0 Å². The molecule has 0 aliphatic rings. The largest absolute Gasteiger partial charge is 0.480 e. The Balaban J connectivity index is 3.03. The van der Waals surface area contributed by atoms with E-state index in [2.05, 4.69) is 5.32 Å². The van der Waals surface area contributed by atoms with Gasteiger partial charge in [-0.2, -0.15) is 13.2 Å². The lowest BCUT2D eigenvalue weighted by Gasteiger charge is -2.15. The molecule has 1 unspecified atom stereocenters. The van der Waals surface area contributed by atoms with Gasteiger partial charge in [-0.15, -0.1) is 0 Å². The fraction of sp³-hybridized carbons (Fsp3) is 0.300. The predicted octanol–water partition coefficient (Wildman–Crippen LogP) is 2.18. The van der Waals surface area contributed by atoms with Crippen molar-refractivity contribution in [3.63, 3.8) is 0 Å². The number of nitrogens with two attached hydrogens (primary N) is 1. The monoisotopic (exact) mass is 282 g/mol. The highest BCUT2D eigenvalue weighted by molar-refractivity contribution is 6.31. The first-order chi connectivity index (χ1) is 8.24. The van der Waals surface area contributed by atoms with Crippen molar-refractivity contribution in [1.82, 2.24) is 0 Å². The van der Waals surface area contributed by atoms with Gasteiger partial charge in [0.1, 0.15) is 6.04 Å². The zero-order chi connectivity index (χ0) is 13.9. The Hall–Kier alpha value is -1.47. The van der Waals surface area contributed by atoms with Crippen molar-refractivity contribution < 1.29 is 23.1 Å². The van der Waals surface area contributed by atoms with E-state index < -0.39 is 23.8 Å². The standard InChI is InChI=1S/C10H10ClF3N2O2/c11-6-1-5(10(12,13)14)2-7(3-6)16-8(4-15)9(17)18/h1-3,8,16H,4,15H2,(H,17,18). The van der Waals surface area contributed by atoms with Crippen LogP contribution in [0.4, 0.5) is 18.9 Å². The van der Waals surface area contributed by atoms with E-state index in [4.69, 9.17) is 22.4 Å². The van der Waals surface area contributed by atoms with Crippen molar-refractivity contribution in [1.29, 1.82) is 0 Å². The molecule has 0 heterocycles. The number of rotatable bonds is 4. The lowest BCUT2D eigenvalue weighted by atomic mass is 10.1. The zero-order valence-electron chi connectivity index (χ0n) is 8.96. The van der Waals surface area contributed by atoms with E-state index in [-0.39, 0.29) is 17.3 Å². The molecule has 0 radical (unpaired) electrons. The highest BCUT2D eigenvalue weighted by Crippen LogP contribution is 2.33. The number of carboxylic acids is 1. The van der Waals surface area contributed by atoms with Crippen LogP contribution >= 0.6 is 11.6 Å². The van der Waals surface area contributed by atoms with Gasteiger partial charge in [0, 0.05) is 17.3 Å². The summed E-state index contributed by atoms with van der Waals surface area (Å²) >= 11 is 5.54. The molecular weight excluding hydrogens is 273 g/mol. The van der Waals surface area contributed by atoms with Crippen LogP contribution < -0.4 is 11.1 Å². The van der Waals surface area contributed by atoms with Crippen molar-refractivity contribution in [3.05, 3.63) is 28.8 Å². The maximum atomic E-state index is 12.5. The second-order valence-corrected chi connectivity index (χ2v) is 3.93. The molecule has 4 nitrogen and oxygen atoms in total. The van der Waals surface area contributed by atoms with Crippen LogP contribution in [0.2, 0.25) is 5.02 Å². The van der Waals surface area contributed by atoms with Crippen LogP contribution in [0.15, 0.2) is 18.2 Å². The number of benzene rings is 1. The fourth-order valence-electron chi connectivity index (χ4n) is 1.26. The molecule has 0 spiro atoms. The van der Waals surface area contributed by atoms with Crippen LogP contribution in [-0.4, -0.2) is 23.7 Å². The zero-order valence-corrected chi connectivity index (χ0v) is 9.72. The molecule has 0 aliphatic carbocycles. The Bertz CT molecular complexity index is 451. The summed E-state index contributed by atoms with van der Waals surface area (Å²) in [5, 5.41) is 11.0. The minimum atomic E-state index is -4.55. The molecule has 8 heteroatoms. The summed E-state index contributed by atoms with van der Waals surface area (Å²) in [7, 11) is 0. The molecule has 0 saturated carbocycles. The number of carboxylic acid groups (broad SMARTS) is 1. The second kappa shape index (κ2) is 5.45. The molecule has 0 aromatic heterocycles. The van der Waals surface area contributed by atoms with E-state index in [0.29, 0.717) is 0 Å². The lowest BCUT2D eigenvalue weighted by molar-refractivity contribution is -0.138. The number of halogens is 4. The number of hydrogen-bond donors (Lipinski definition) is 3. The van der Waals surface area contributed by atoms with Gasteiger partial charge in [-0.3, -0.25) is 0 Å². The SMILES string of the molecule is NCC(Nc1cc(Cl)cc(C(F)(F)F)c1)C(=O)O. The summed E-state index contributed by atoms with van der Waals surface area (Å²) in [4.78, 5) is 10.7. The predicted molar refractivity (Wildman–Crippen MR) is 60.6 cm³/mol. The minimum absolute atomic E-state index is 0.0484. The van der Waals surface area contributed by atoms with E-state index in [1.807, 2.05) is 0 Å². The van der Waals surface area contributed by atoms with E-state index in [1.54, 1.807) is 0 Å². The molecule has 0 fully saturated rings.